The second-order valence-corrected chi connectivity index (χ2v) is 42.5. The Morgan fingerprint density at radius 1 is 0.303 bits per heavy atom. The molecule has 0 radical (unpaired) electrons. The maximum absolute atomic E-state index is 4.79. The molecule has 12 aromatic carbocycles. The van der Waals surface area contributed by atoms with Gasteiger partial charge in [-0.05, 0) is 133 Å². The molecule has 11 nitrogen and oxygen atoms in total. The van der Waals surface area contributed by atoms with Crippen molar-refractivity contribution >= 4 is 142 Å². The number of rotatable bonds is 4. The quantitative estimate of drug-likeness (QED) is 0.128. The normalized spacial score (nSPS) is 15.3. The van der Waals surface area contributed by atoms with E-state index in [1.807, 2.05) is 6.20 Å². The molecule has 0 atom stereocenters. The van der Waals surface area contributed by atoms with Crippen molar-refractivity contribution in [2.75, 3.05) is 0 Å². The highest BCUT2D eigenvalue weighted by molar-refractivity contribution is 6.24. The van der Waals surface area contributed by atoms with Gasteiger partial charge in [0.15, 0.2) is 41.4 Å². The topological polar surface area (TPSA) is 54.9 Å². The SMILES string of the molecule is Cc1ccc2c3c1c1cccc(C)c1c1n3c(c[n+]1C)C(C)(C)C2(C)C.Cc1cccc2c3cccc4c3n3c(c[n+](C)c3c12)C(C)(C)C4(C)C.Cc1cccc2c3ccccc3c3c(c12)[n+](C)c(-c1ccccc1)n3-c1c(C(C)C)cccc1C(C)C.Cc1cccc2c3ccccc3c3cc[n+](C)n3c12.Cc1ccnc2c3cccc4c3n3c(c[n+](C)c3c12)C(C)(C)C4(C)C. The third-order valence-corrected chi connectivity index (χ3v) is 33.1. The molecule has 132 heavy (non-hydrogen) atoms. The van der Waals surface area contributed by atoms with Crippen molar-refractivity contribution < 1.29 is 23.0 Å². The Labute approximate surface area is 775 Å². The standard InChI is InChI=1S/C35H35N2.C24H27N2.C23H25N2.C22H24N3.C17H15N2/c1-22(2)26-19-13-20-27(23(3)4)32(26)37-33-30-18-11-10-17-28(30)29-21-12-14-24(5)31(29)34(33)36(6)35(37)25-15-8-7-9-16-25;1-14-9-8-10-16-19-15(2)11-12-17-21(19)26-18(24(5,6)23(17,3)4)13-25(7)22(26)20(14)16;1-14-9-7-10-15-16-11-8-12-17-20(16)25-18(23(4,5)22(17,2)3)13-24(6)21(25)19(14)15;1-13-10-11-23-18-14-8-7-9-15-19(14)25-16(22(4,5)21(15,2)3)12-24(6)20(25)17(13)18;1-12-6-5-9-15-13-7-3-4-8-14(13)16-10-11-18(2)19(16)17(12)15/h7-23H,1-6H3;8-13H,1-7H3;7-13H,1-6H3;7-12H,1-6H3;3-11H,1-2H3/q5*+1. The van der Waals surface area contributed by atoms with Crippen LogP contribution in [0.25, 0.3) is 159 Å². The summed E-state index contributed by atoms with van der Waals surface area (Å²) in [5, 5.41) is 20.0. The van der Waals surface area contributed by atoms with Gasteiger partial charge in [0.1, 0.15) is 51.9 Å². The van der Waals surface area contributed by atoms with E-state index in [-0.39, 0.29) is 32.5 Å². The van der Waals surface area contributed by atoms with Crippen LogP contribution in [0.3, 0.4) is 0 Å². The van der Waals surface area contributed by atoms with Crippen molar-refractivity contribution in [3.8, 4) is 17.1 Å². The average molecular weight is 1730 g/mol. The lowest BCUT2D eigenvalue weighted by molar-refractivity contribution is -0.735. The molecule has 660 valence electrons. The fourth-order valence-electron chi connectivity index (χ4n) is 24.0. The van der Waals surface area contributed by atoms with Gasteiger partial charge in [0.05, 0.1) is 55.4 Å². The van der Waals surface area contributed by atoms with Gasteiger partial charge in [-0.1, -0.05) is 305 Å². The number of aromatic nitrogens is 11. The Morgan fingerprint density at radius 3 is 1.23 bits per heavy atom. The summed E-state index contributed by atoms with van der Waals surface area (Å²) in [5.41, 5.74) is 36.3. The van der Waals surface area contributed by atoms with Crippen molar-refractivity contribution in [1.82, 2.24) is 27.3 Å². The Balaban J connectivity index is 0.000000101. The molecule has 3 aliphatic heterocycles. The number of aryl methyl sites for hydroxylation is 11. The first-order valence-corrected chi connectivity index (χ1v) is 47.6. The lowest BCUT2D eigenvalue weighted by atomic mass is 9.60. The molecule has 0 amide bonds. The number of pyridine rings is 5. The van der Waals surface area contributed by atoms with Gasteiger partial charge in [-0.3, -0.25) is 4.98 Å². The van der Waals surface area contributed by atoms with Crippen LogP contribution >= 0.6 is 0 Å². The van der Waals surface area contributed by atoms with E-state index in [1.54, 1.807) is 0 Å². The van der Waals surface area contributed by atoms with Crippen LogP contribution in [0.4, 0.5) is 0 Å². The van der Waals surface area contributed by atoms with E-state index in [1.165, 1.54) is 232 Å². The number of para-hydroxylation sites is 4. The Hall–Kier alpha value is -13.4. The Morgan fingerprint density at radius 2 is 0.689 bits per heavy atom. The minimum absolute atomic E-state index is 0.0300. The molecule has 0 spiro atoms. The molecular weight excluding hydrogens is 1610 g/mol. The van der Waals surface area contributed by atoms with Crippen LogP contribution < -0.4 is 23.0 Å². The summed E-state index contributed by atoms with van der Waals surface area (Å²) in [6.45, 7) is 51.2. The monoisotopic (exact) mass is 1730 g/mol. The minimum Gasteiger partial charge on any atom is -0.255 e. The van der Waals surface area contributed by atoms with Crippen molar-refractivity contribution in [3.05, 3.63) is 340 Å². The second-order valence-electron chi connectivity index (χ2n) is 42.5. The number of benzene rings is 12. The maximum atomic E-state index is 4.79. The van der Waals surface area contributed by atoms with E-state index >= 15 is 0 Å². The number of imidazole rings is 4. The fourth-order valence-corrected chi connectivity index (χ4v) is 24.0. The van der Waals surface area contributed by atoms with E-state index in [4.69, 9.17) is 4.98 Å². The van der Waals surface area contributed by atoms with Crippen LogP contribution in [0, 0.1) is 41.5 Å². The summed E-state index contributed by atoms with van der Waals surface area (Å²) in [5.74, 6) is 2.01. The summed E-state index contributed by atoms with van der Waals surface area (Å²) in [4.78, 5) is 4.79. The molecule has 11 heteroatoms. The van der Waals surface area contributed by atoms with E-state index in [0.29, 0.717) is 11.8 Å². The lowest BCUT2D eigenvalue weighted by Crippen LogP contribution is -2.44. The molecular formula is C121H126N11+5. The minimum atomic E-state index is 0.0300. The van der Waals surface area contributed by atoms with Gasteiger partial charge in [-0.2, -0.15) is 17.8 Å². The van der Waals surface area contributed by atoms with E-state index < -0.39 is 0 Å². The first-order valence-electron chi connectivity index (χ1n) is 47.6. The van der Waals surface area contributed by atoms with Crippen molar-refractivity contribution in [2.45, 2.75) is 197 Å². The highest BCUT2D eigenvalue weighted by Crippen LogP contribution is 2.56. The number of hydrogen-bond acceptors (Lipinski definition) is 1. The molecule has 0 saturated heterocycles. The number of nitrogens with zero attached hydrogens (tertiary/aromatic N) is 11. The predicted octanol–water partition coefficient (Wildman–Crippen LogP) is 26.9. The smallest absolute Gasteiger partial charge is 0.255 e. The molecule has 0 saturated carbocycles. The summed E-state index contributed by atoms with van der Waals surface area (Å²) >= 11 is 0. The predicted molar refractivity (Wildman–Crippen MR) is 552 cm³/mol. The zero-order chi connectivity index (χ0) is 92.9. The molecule has 0 fully saturated rings. The molecule has 25 rings (SSSR count). The molecule has 0 bridgehead atoms. The lowest BCUT2D eigenvalue weighted by Gasteiger charge is -2.43. The molecule has 3 aliphatic rings. The van der Waals surface area contributed by atoms with Gasteiger partial charge in [0, 0.05) is 121 Å². The third-order valence-electron chi connectivity index (χ3n) is 33.1. The molecule has 13 heterocycles. The van der Waals surface area contributed by atoms with Crippen LogP contribution in [0.15, 0.2) is 262 Å². The van der Waals surface area contributed by atoms with Crippen LogP contribution in [0.5, 0.6) is 0 Å². The molecule has 10 aromatic heterocycles. The summed E-state index contributed by atoms with van der Waals surface area (Å²) in [6.07, 6.45) is 11.1. The van der Waals surface area contributed by atoms with Gasteiger partial charge < -0.3 is 0 Å². The van der Waals surface area contributed by atoms with Crippen LogP contribution in [0.2, 0.25) is 0 Å². The van der Waals surface area contributed by atoms with Gasteiger partial charge in [0.25, 0.3) is 22.8 Å². The largest absolute Gasteiger partial charge is 0.296 e. The highest BCUT2D eigenvalue weighted by atomic mass is 15.3. The average Bonchev–Trinajstić information content (AvgIpc) is 1.44. The van der Waals surface area contributed by atoms with E-state index in [2.05, 4.69) is 488 Å². The van der Waals surface area contributed by atoms with E-state index in [0.717, 1.165) is 5.52 Å². The first kappa shape index (κ1) is 85.4. The van der Waals surface area contributed by atoms with Crippen LogP contribution in [-0.2, 0) is 67.7 Å². The zero-order valence-electron chi connectivity index (χ0n) is 82.4. The third kappa shape index (κ3) is 11.7. The van der Waals surface area contributed by atoms with E-state index in [9.17, 15) is 0 Å². The van der Waals surface area contributed by atoms with Crippen molar-refractivity contribution in [3.63, 3.8) is 0 Å². The molecule has 0 unspecified atom stereocenters. The fraction of sp³-hybridized carbons (Fsp3) is 0.289. The highest BCUT2D eigenvalue weighted by Gasteiger charge is 2.54. The summed E-state index contributed by atoms with van der Waals surface area (Å²) < 4.78 is 24.0. The van der Waals surface area contributed by atoms with Crippen LogP contribution in [-0.4, -0.2) is 27.3 Å². The first-order chi connectivity index (χ1) is 62.9. The summed E-state index contributed by atoms with van der Waals surface area (Å²) in [7, 11) is 10.9. The Kier molecular flexibility index (Phi) is 19.3. The molecule has 0 aliphatic carbocycles. The number of hydrogen-bond donors (Lipinski definition) is 0. The van der Waals surface area contributed by atoms with Gasteiger partial charge >= 0.3 is 0 Å². The zero-order valence-corrected chi connectivity index (χ0v) is 82.4. The van der Waals surface area contributed by atoms with Gasteiger partial charge in [-0.15, -0.1) is 9.20 Å². The number of fused-ring (bicyclic) bond motifs is 21. The Bertz CT molecular complexity index is 8490. The van der Waals surface area contributed by atoms with Gasteiger partial charge in [0.2, 0.25) is 0 Å². The summed E-state index contributed by atoms with van der Waals surface area (Å²) in [6, 6.07) is 84.6. The van der Waals surface area contributed by atoms with Gasteiger partial charge in [-0.25, -0.2) is 18.3 Å². The maximum Gasteiger partial charge on any atom is 0.296 e. The van der Waals surface area contributed by atoms with Crippen molar-refractivity contribution in [1.29, 1.82) is 0 Å². The molecule has 22 aromatic rings. The molecule has 0 N–H and O–H groups in total. The van der Waals surface area contributed by atoms with Crippen molar-refractivity contribution in [2.24, 2.45) is 35.2 Å². The second kappa shape index (κ2) is 29.8. The van der Waals surface area contributed by atoms with Crippen LogP contribution in [0.1, 0.15) is 201 Å².